The quantitative estimate of drug-likeness (QED) is 0.761. The summed E-state index contributed by atoms with van der Waals surface area (Å²) in [7, 11) is 0. The Labute approximate surface area is 97.6 Å². The Morgan fingerprint density at radius 2 is 2.44 bits per heavy atom. The number of nitrogens with one attached hydrogen (secondary N) is 1. The van der Waals surface area contributed by atoms with Crippen molar-refractivity contribution in [1.82, 2.24) is 5.32 Å². The summed E-state index contributed by atoms with van der Waals surface area (Å²) in [6.45, 7) is 6.13. The van der Waals surface area contributed by atoms with Gasteiger partial charge in [0.15, 0.2) is 0 Å². The first-order valence-corrected chi connectivity index (χ1v) is 6.02. The molecule has 0 aromatic carbocycles. The van der Waals surface area contributed by atoms with Gasteiger partial charge in [0, 0.05) is 17.0 Å². The van der Waals surface area contributed by atoms with E-state index in [2.05, 4.69) is 37.0 Å². The number of hydrogen-bond donors (Lipinski definition) is 2. The van der Waals surface area contributed by atoms with Crippen molar-refractivity contribution < 1.29 is 0 Å². The van der Waals surface area contributed by atoms with Crippen molar-refractivity contribution in [1.29, 1.82) is 0 Å². The van der Waals surface area contributed by atoms with Crippen LogP contribution in [0.5, 0.6) is 0 Å². The molecule has 2 rings (SSSR count). The lowest BCUT2D eigenvalue weighted by molar-refractivity contribution is 0.616. The van der Waals surface area contributed by atoms with Gasteiger partial charge >= 0.3 is 0 Å². The molecule has 2 heteroatoms. The second-order valence-corrected chi connectivity index (χ2v) is 4.43. The molecule has 0 fully saturated rings. The summed E-state index contributed by atoms with van der Waals surface area (Å²) >= 11 is 0. The van der Waals surface area contributed by atoms with E-state index in [1.54, 1.807) is 0 Å². The Balaban J connectivity index is 2.22. The van der Waals surface area contributed by atoms with E-state index in [4.69, 9.17) is 5.73 Å². The molecule has 0 saturated carbocycles. The molecule has 0 radical (unpaired) electrons. The maximum atomic E-state index is 6.10. The monoisotopic (exact) mass is 216 g/mol. The van der Waals surface area contributed by atoms with Crippen molar-refractivity contribution in [3.8, 4) is 0 Å². The molecule has 86 valence electrons. The highest BCUT2D eigenvalue weighted by atomic mass is 14.9. The lowest BCUT2D eigenvalue weighted by atomic mass is 9.85. The van der Waals surface area contributed by atoms with Crippen molar-refractivity contribution in [2.45, 2.75) is 38.6 Å². The van der Waals surface area contributed by atoms with Gasteiger partial charge in [-0.05, 0) is 31.3 Å². The van der Waals surface area contributed by atoms with Crippen molar-refractivity contribution in [3.05, 3.63) is 47.3 Å². The minimum absolute atomic E-state index is 0.323. The highest BCUT2D eigenvalue weighted by molar-refractivity contribution is 5.47. The van der Waals surface area contributed by atoms with E-state index in [0.717, 1.165) is 37.1 Å². The molecule has 0 spiro atoms. The van der Waals surface area contributed by atoms with Crippen molar-refractivity contribution in [3.63, 3.8) is 0 Å². The Morgan fingerprint density at radius 1 is 1.62 bits per heavy atom. The summed E-state index contributed by atoms with van der Waals surface area (Å²) < 4.78 is 0. The SMILES string of the molecule is C=C(CC)NC1CC=CC2=C1C(N)=CCC2. The normalized spacial score (nSPS) is 23.8. The number of rotatable bonds is 3. The molecule has 0 amide bonds. The van der Waals surface area contributed by atoms with Crippen LogP contribution in [-0.2, 0) is 0 Å². The molecule has 2 nitrogen and oxygen atoms in total. The molecular weight excluding hydrogens is 196 g/mol. The number of nitrogens with two attached hydrogens (primary N) is 1. The van der Waals surface area contributed by atoms with Gasteiger partial charge in [0.05, 0.1) is 6.04 Å². The third-order valence-electron chi connectivity index (χ3n) is 3.28. The van der Waals surface area contributed by atoms with E-state index in [1.807, 2.05) is 0 Å². The van der Waals surface area contributed by atoms with Gasteiger partial charge in [-0.25, -0.2) is 0 Å². The van der Waals surface area contributed by atoms with Crippen molar-refractivity contribution in [2.24, 2.45) is 5.73 Å². The standard InChI is InChI=1S/C14H20N2/c1-3-10(2)16-13-9-5-7-11-6-4-8-12(15)14(11)13/h5,7-8,13,16H,2-4,6,9,15H2,1H3. The fourth-order valence-electron chi connectivity index (χ4n) is 2.36. The zero-order chi connectivity index (χ0) is 11.5. The summed E-state index contributed by atoms with van der Waals surface area (Å²) in [5.74, 6) is 0. The van der Waals surface area contributed by atoms with Gasteiger partial charge in [-0.1, -0.05) is 31.7 Å². The lowest BCUT2D eigenvalue weighted by Crippen LogP contribution is -2.34. The van der Waals surface area contributed by atoms with Crippen LogP contribution >= 0.6 is 0 Å². The molecular formula is C14H20N2. The van der Waals surface area contributed by atoms with Gasteiger partial charge < -0.3 is 11.1 Å². The fraction of sp³-hybridized carbons (Fsp3) is 0.429. The van der Waals surface area contributed by atoms with Crippen LogP contribution < -0.4 is 11.1 Å². The van der Waals surface area contributed by atoms with E-state index in [0.29, 0.717) is 6.04 Å². The maximum Gasteiger partial charge on any atom is 0.0568 e. The zero-order valence-corrected chi connectivity index (χ0v) is 9.92. The van der Waals surface area contributed by atoms with E-state index >= 15 is 0 Å². The first kappa shape index (κ1) is 11.1. The van der Waals surface area contributed by atoms with Crippen LogP contribution in [0.15, 0.2) is 47.3 Å². The second-order valence-electron chi connectivity index (χ2n) is 4.43. The summed E-state index contributed by atoms with van der Waals surface area (Å²) in [5, 5.41) is 3.47. The zero-order valence-electron chi connectivity index (χ0n) is 9.92. The molecule has 0 heterocycles. The Bertz CT molecular complexity index is 386. The largest absolute Gasteiger partial charge is 0.399 e. The lowest BCUT2D eigenvalue weighted by Gasteiger charge is -2.30. The van der Waals surface area contributed by atoms with Crippen LogP contribution in [0.1, 0.15) is 32.6 Å². The molecule has 0 aliphatic heterocycles. The van der Waals surface area contributed by atoms with Gasteiger partial charge in [0.25, 0.3) is 0 Å². The van der Waals surface area contributed by atoms with Crippen LogP contribution in [0.2, 0.25) is 0 Å². The predicted molar refractivity (Wildman–Crippen MR) is 68.6 cm³/mol. The molecule has 16 heavy (non-hydrogen) atoms. The first-order valence-electron chi connectivity index (χ1n) is 6.02. The minimum Gasteiger partial charge on any atom is -0.399 e. The van der Waals surface area contributed by atoms with Crippen LogP contribution in [0.3, 0.4) is 0 Å². The van der Waals surface area contributed by atoms with Gasteiger partial charge in [-0.2, -0.15) is 0 Å². The van der Waals surface area contributed by atoms with Gasteiger partial charge in [-0.15, -0.1) is 0 Å². The summed E-state index contributed by atoms with van der Waals surface area (Å²) in [6, 6.07) is 0.323. The summed E-state index contributed by atoms with van der Waals surface area (Å²) in [4.78, 5) is 0. The summed E-state index contributed by atoms with van der Waals surface area (Å²) in [6.07, 6.45) is 10.8. The fourth-order valence-corrected chi connectivity index (χ4v) is 2.36. The third-order valence-corrected chi connectivity index (χ3v) is 3.28. The smallest absolute Gasteiger partial charge is 0.0568 e. The third kappa shape index (κ3) is 2.06. The van der Waals surface area contributed by atoms with Crippen LogP contribution in [-0.4, -0.2) is 6.04 Å². The average Bonchev–Trinajstić information content (AvgIpc) is 2.29. The van der Waals surface area contributed by atoms with E-state index < -0.39 is 0 Å². The van der Waals surface area contributed by atoms with Gasteiger partial charge in [0.2, 0.25) is 0 Å². The average molecular weight is 216 g/mol. The predicted octanol–water partition coefficient (Wildman–Crippen LogP) is 2.76. The molecule has 2 aliphatic carbocycles. The highest BCUT2D eigenvalue weighted by Gasteiger charge is 2.23. The molecule has 0 aromatic heterocycles. The van der Waals surface area contributed by atoms with Gasteiger partial charge in [0.1, 0.15) is 0 Å². The van der Waals surface area contributed by atoms with E-state index in [9.17, 15) is 0 Å². The van der Waals surface area contributed by atoms with Crippen molar-refractivity contribution in [2.75, 3.05) is 0 Å². The molecule has 0 saturated heterocycles. The van der Waals surface area contributed by atoms with Crippen molar-refractivity contribution >= 4 is 0 Å². The minimum atomic E-state index is 0.323. The van der Waals surface area contributed by atoms with Crippen LogP contribution in [0.25, 0.3) is 0 Å². The Morgan fingerprint density at radius 3 is 3.19 bits per heavy atom. The van der Waals surface area contributed by atoms with Crippen LogP contribution in [0, 0.1) is 0 Å². The molecule has 1 atom stereocenters. The molecule has 0 bridgehead atoms. The summed E-state index contributed by atoms with van der Waals surface area (Å²) in [5.41, 5.74) is 10.8. The Hall–Kier alpha value is -1.44. The molecule has 2 aliphatic rings. The second kappa shape index (κ2) is 4.60. The highest BCUT2D eigenvalue weighted by Crippen LogP contribution is 2.31. The maximum absolute atomic E-state index is 6.10. The Kier molecular flexibility index (Phi) is 3.18. The molecule has 0 aromatic rings. The number of allylic oxidation sites excluding steroid dienone is 4. The molecule has 3 N–H and O–H groups in total. The molecule has 1 unspecified atom stereocenters. The first-order chi connectivity index (χ1) is 7.72. The number of hydrogen-bond acceptors (Lipinski definition) is 2. The van der Waals surface area contributed by atoms with Gasteiger partial charge in [-0.3, -0.25) is 0 Å². The van der Waals surface area contributed by atoms with E-state index in [1.165, 1.54) is 11.1 Å². The van der Waals surface area contributed by atoms with E-state index in [-0.39, 0.29) is 0 Å². The topological polar surface area (TPSA) is 38.0 Å². The van der Waals surface area contributed by atoms with Crippen LogP contribution in [0.4, 0.5) is 0 Å².